The van der Waals surface area contributed by atoms with Gasteiger partial charge in [-0.1, -0.05) is 13.0 Å². The average molecular weight is 260 g/mol. The van der Waals surface area contributed by atoms with Crippen LogP contribution in [0.5, 0.6) is 0 Å². The van der Waals surface area contributed by atoms with Crippen molar-refractivity contribution >= 4 is 5.95 Å². The zero-order chi connectivity index (χ0) is 13.7. The standard InChI is InChI=1S/C15H24N4/c1-4-8-19(9-5-2)15-17-11-13(12(3)18-15)10-16-14-6-7-14/h4,11,14,16H,1,5-10H2,2-3H3. The van der Waals surface area contributed by atoms with Crippen molar-refractivity contribution in [3.63, 3.8) is 0 Å². The molecule has 104 valence electrons. The monoisotopic (exact) mass is 260 g/mol. The number of hydrogen-bond acceptors (Lipinski definition) is 4. The van der Waals surface area contributed by atoms with Crippen molar-refractivity contribution in [1.82, 2.24) is 15.3 Å². The Morgan fingerprint density at radius 1 is 1.53 bits per heavy atom. The molecule has 1 fully saturated rings. The predicted molar refractivity (Wildman–Crippen MR) is 79.3 cm³/mol. The number of rotatable bonds is 8. The first kappa shape index (κ1) is 14.0. The number of aryl methyl sites for hydroxylation is 1. The summed E-state index contributed by atoms with van der Waals surface area (Å²) in [5.41, 5.74) is 2.27. The normalized spacial score (nSPS) is 14.4. The highest BCUT2D eigenvalue weighted by Gasteiger charge is 2.20. The fourth-order valence-electron chi connectivity index (χ4n) is 2.05. The molecule has 0 unspecified atom stereocenters. The molecular formula is C15H24N4. The maximum atomic E-state index is 4.64. The van der Waals surface area contributed by atoms with E-state index in [1.54, 1.807) is 0 Å². The van der Waals surface area contributed by atoms with Crippen molar-refractivity contribution in [2.24, 2.45) is 0 Å². The number of aromatic nitrogens is 2. The molecule has 0 bridgehead atoms. The second-order valence-corrected chi connectivity index (χ2v) is 5.17. The van der Waals surface area contributed by atoms with E-state index < -0.39 is 0 Å². The van der Waals surface area contributed by atoms with Gasteiger partial charge in [0.25, 0.3) is 0 Å². The lowest BCUT2D eigenvalue weighted by molar-refractivity contribution is 0.677. The smallest absolute Gasteiger partial charge is 0.225 e. The molecule has 1 N–H and O–H groups in total. The fraction of sp³-hybridized carbons (Fsp3) is 0.600. The van der Waals surface area contributed by atoms with Gasteiger partial charge < -0.3 is 10.2 Å². The van der Waals surface area contributed by atoms with Crippen molar-refractivity contribution in [2.45, 2.75) is 45.7 Å². The minimum atomic E-state index is 0.719. The van der Waals surface area contributed by atoms with Crippen LogP contribution in [0.15, 0.2) is 18.9 Å². The molecule has 0 amide bonds. The summed E-state index contributed by atoms with van der Waals surface area (Å²) in [4.78, 5) is 11.3. The molecule has 0 spiro atoms. The molecule has 1 aromatic heterocycles. The molecule has 1 saturated carbocycles. The maximum Gasteiger partial charge on any atom is 0.225 e. The Hall–Kier alpha value is -1.42. The van der Waals surface area contributed by atoms with Gasteiger partial charge in [-0.2, -0.15) is 0 Å². The van der Waals surface area contributed by atoms with Gasteiger partial charge in [-0.3, -0.25) is 0 Å². The maximum absolute atomic E-state index is 4.64. The molecule has 2 rings (SSSR count). The van der Waals surface area contributed by atoms with Gasteiger partial charge in [0, 0.05) is 43.1 Å². The topological polar surface area (TPSA) is 41.1 Å². The summed E-state index contributed by atoms with van der Waals surface area (Å²) in [5, 5.41) is 3.50. The molecule has 1 aliphatic carbocycles. The van der Waals surface area contributed by atoms with Crippen LogP contribution >= 0.6 is 0 Å². The minimum absolute atomic E-state index is 0.719. The summed E-state index contributed by atoms with van der Waals surface area (Å²) in [7, 11) is 0. The highest BCUT2D eigenvalue weighted by Crippen LogP contribution is 2.20. The summed E-state index contributed by atoms with van der Waals surface area (Å²) < 4.78 is 0. The van der Waals surface area contributed by atoms with Crippen LogP contribution in [0.4, 0.5) is 5.95 Å². The van der Waals surface area contributed by atoms with Gasteiger partial charge in [0.05, 0.1) is 0 Å². The van der Waals surface area contributed by atoms with Gasteiger partial charge in [0.15, 0.2) is 0 Å². The Labute approximate surface area is 115 Å². The summed E-state index contributed by atoms with van der Waals surface area (Å²) in [5.74, 6) is 0.814. The van der Waals surface area contributed by atoms with Crippen LogP contribution < -0.4 is 10.2 Å². The number of hydrogen-bond donors (Lipinski definition) is 1. The average Bonchev–Trinajstić information content (AvgIpc) is 3.21. The third kappa shape index (κ3) is 4.03. The van der Waals surface area contributed by atoms with Gasteiger partial charge in [0.2, 0.25) is 5.95 Å². The van der Waals surface area contributed by atoms with Crippen molar-refractivity contribution in [3.8, 4) is 0 Å². The second kappa shape index (κ2) is 6.66. The largest absolute Gasteiger partial charge is 0.337 e. The van der Waals surface area contributed by atoms with Crippen LogP contribution in [-0.2, 0) is 6.54 Å². The Bertz CT molecular complexity index is 426. The van der Waals surface area contributed by atoms with Crippen molar-refractivity contribution in [3.05, 3.63) is 30.1 Å². The highest BCUT2D eigenvalue weighted by molar-refractivity contribution is 5.33. The molecule has 4 heteroatoms. The van der Waals surface area contributed by atoms with Crippen molar-refractivity contribution in [2.75, 3.05) is 18.0 Å². The van der Waals surface area contributed by atoms with Gasteiger partial charge in [-0.15, -0.1) is 6.58 Å². The molecule has 0 atom stereocenters. The van der Waals surface area contributed by atoms with E-state index in [4.69, 9.17) is 0 Å². The summed E-state index contributed by atoms with van der Waals surface area (Å²) in [6.07, 6.45) is 7.56. The summed E-state index contributed by atoms with van der Waals surface area (Å²) >= 11 is 0. The quantitative estimate of drug-likeness (QED) is 0.729. The molecule has 19 heavy (non-hydrogen) atoms. The molecule has 0 aromatic carbocycles. The Kier molecular flexibility index (Phi) is 4.91. The van der Waals surface area contributed by atoms with Crippen LogP contribution in [0.1, 0.15) is 37.4 Å². The second-order valence-electron chi connectivity index (χ2n) is 5.17. The molecule has 1 aliphatic rings. The van der Waals surface area contributed by atoms with E-state index in [9.17, 15) is 0 Å². The van der Waals surface area contributed by atoms with E-state index in [-0.39, 0.29) is 0 Å². The van der Waals surface area contributed by atoms with E-state index in [0.717, 1.165) is 43.7 Å². The van der Waals surface area contributed by atoms with Gasteiger partial charge in [0.1, 0.15) is 0 Å². The van der Waals surface area contributed by atoms with Crippen molar-refractivity contribution < 1.29 is 0 Å². The number of anilines is 1. The number of nitrogens with zero attached hydrogens (tertiary/aromatic N) is 3. The van der Waals surface area contributed by atoms with Crippen molar-refractivity contribution in [1.29, 1.82) is 0 Å². The Morgan fingerprint density at radius 3 is 2.89 bits per heavy atom. The van der Waals surface area contributed by atoms with Crippen LogP contribution in [0.3, 0.4) is 0 Å². The fourth-order valence-corrected chi connectivity index (χ4v) is 2.05. The Balaban J connectivity index is 2.04. The summed E-state index contributed by atoms with van der Waals surface area (Å²) in [6, 6.07) is 0.719. The lowest BCUT2D eigenvalue weighted by atomic mass is 10.2. The van der Waals surface area contributed by atoms with Gasteiger partial charge in [-0.25, -0.2) is 9.97 Å². The van der Waals surface area contributed by atoms with Crippen LogP contribution in [0.2, 0.25) is 0 Å². The molecule has 0 radical (unpaired) electrons. The zero-order valence-corrected chi connectivity index (χ0v) is 12.0. The third-order valence-electron chi connectivity index (χ3n) is 3.35. The highest BCUT2D eigenvalue weighted by atomic mass is 15.2. The first-order valence-corrected chi connectivity index (χ1v) is 7.16. The van der Waals surface area contributed by atoms with E-state index in [1.165, 1.54) is 18.4 Å². The Morgan fingerprint density at radius 2 is 2.32 bits per heavy atom. The first-order chi connectivity index (χ1) is 9.24. The third-order valence-corrected chi connectivity index (χ3v) is 3.35. The minimum Gasteiger partial charge on any atom is -0.337 e. The van der Waals surface area contributed by atoms with Crippen LogP contribution in [-0.4, -0.2) is 29.1 Å². The van der Waals surface area contributed by atoms with Gasteiger partial charge >= 0.3 is 0 Å². The predicted octanol–water partition coefficient (Wildman–Crippen LogP) is 2.44. The lowest BCUT2D eigenvalue weighted by Crippen LogP contribution is -2.27. The molecule has 1 aromatic rings. The molecule has 4 nitrogen and oxygen atoms in total. The number of nitrogens with one attached hydrogen (secondary N) is 1. The van der Waals surface area contributed by atoms with E-state index >= 15 is 0 Å². The van der Waals surface area contributed by atoms with E-state index in [0.29, 0.717) is 0 Å². The SMILES string of the molecule is C=CCN(CCC)c1ncc(CNC2CC2)c(C)n1. The molecule has 0 aliphatic heterocycles. The van der Waals surface area contributed by atoms with Crippen LogP contribution in [0.25, 0.3) is 0 Å². The zero-order valence-electron chi connectivity index (χ0n) is 12.0. The first-order valence-electron chi connectivity index (χ1n) is 7.16. The molecule has 0 saturated heterocycles. The molecule has 1 heterocycles. The van der Waals surface area contributed by atoms with Gasteiger partial charge in [-0.05, 0) is 26.2 Å². The van der Waals surface area contributed by atoms with E-state index in [2.05, 4.69) is 40.6 Å². The van der Waals surface area contributed by atoms with Crippen LogP contribution in [0, 0.1) is 6.92 Å². The van der Waals surface area contributed by atoms with E-state index in [1.807, 2.05) is 12.3 Å². The lowest BCUT2D eigenvalue weighted by Gasteiger charge is -2.21. The summed E-state index contributed by atoms with van der Waals surface area (Å²) in [6.45, 7) is 10.7. The molecular weight excluding hydrogens is 236 g/mol.